The zero-order valence-corrected chi connectivity index (χ0v) is 17.8. The van der Waals surface area contributed by atoms with Gasteiger partial charge >= 0.3 is 0 Å². The van der Waals surface area contributed by atoms with E-state index >= 15 is 0 Å². The third-order valence-electron chi connectivity index (χ3n) is 5.09. The number of aryl methyl sites for hydroxylation is 1. The topological polar surface area (TPSA) is 29.3 Å². The molecule has 0 bridgehead atoms. The molecule has 5 heteroatoms. The van der Waals surface area contributed by atoms with Crippen molar-refractivity contribution in [2.75, 3.05) is 0 Å². The molecule has 1 aromatic heterocycles. The summed E-state index contributed by atoms with van der Waals surface area (Å²) in [6.07, 6.45) is 1.84. The predicted molar refractivity (Wildman–Crippen MR) is 124 cm³/mol. The lowest BCUT2D eigenvalue weighted by Gasteiger charge is -2.13. The molecule has 0 aliphatic carbocycles. The lowest BCUT2D eigenvalue weighted by atomic mass is 10.1. The SMILES string of the molecule is Cc1cc(/C=N\NCc2c(Cl)cccc2Cl)c(C)n1-c1cccc2ccccc12. The van der Waals surface area contributed by atoms with Gasteiger partial charge in [0.1, 0.15) is 0 Å². The maximum atomic E-state index is 6.21. The second kappa shape index (κ2) is 8.32. The number of halogens is 2. The molecule has 4 rings (SSSR count). The quantitative estimate of drug-likeness (QED) is 0.282. The van der Waals surface area contributed by atoms with Crippen LogP contribution in [-0.2, 0) is 6.54 Å². The Labute approximate surface area is 180 Å². The standard InChI is InChI=1S/C24H21Cl2N3/c1-16-13-19(14-27-28-15-21-22(25)10-6-11-23(21)26)17(2)29(16)24-12-5-8-18-7-3-4-9-20(18)24/h3-14,28H,15H2,1-2H3/b27-14-. The summed E-state index contributed by atoms with van der Waals surface area (Å²) in [5, 5.41) is 8.11. The molecule has 0 radical (unpaired) electrons. The van der Waals surface area contributed by atoms with Gasteiger partial charge in [-0.1, -0.05) is 65.7 Å². The lowest BCUT2D eigenvalue weighted by molar-refractivity contribution is 0.748. The van der Waals surface area contributed by atoms with Crippen LogP contribution >= 0.6 is 23.2 Å². The van der Waals surface area contributed by atoms with Crippen LogP contribution in [0, 0.1) is 13.8 Å². The lowest BCUT2D eigenvalue weighted by Crippen LogP contribution is -2.07. The number of nitrogens with one attached hydrogen (secondary N) is 1. The number of hydrogen-bond donors (Lipinski definition) is 1. The molecule has 3 aromatic carbocycles. The zero-order valence-electron chi connectivity index (χ0n) is 16.3. The zero-order chi connectivity index (χ0) is 20.4. The number of benzene rings is 3. The average Bonchev–Trinajstić information content (AvgIpc) is 3.00. The van der Waals surface area contributed by atoms with Crippen LogP contribution in [0.25, 0.3) is 16.5 Å². The summed E-state index contributed by atoms with van der Waals surface area (Å²) in [4.78, 5) is 0. The Morgan fingerprint density at radius 3 is 2.41 bits per heavy atom. The first-order valence-electron chi connectivity index (χ1n) is 9.42. The van der Waals surface area contributed by atoms with Crippen molar-refractivity contribution in [3.8, 4) is 5.69 Å². The smallest absolute Gasteiger partial charge is 0.0609 e. The number of rotatable bonds is 5. The second-order valence-electron chi connectivity index (χ2n) is 6.95. The van der Waals surface area contributed by atoms with E-state index in [4.69, 9.17) is 23.2 Å². The molecule has 0 amide bonds. The minimum atomic E-state index is 0.469. The maximum Gasteiger partial charge on any atom is 0.0609 e. The molecule has 1 heterocycles. The van der Waals surface area contributed by atoms with Gasteiger partial charge in [0.15, 0.2) is 0 Å². The highest BCUT2D eigenvalue weighted by atomic mass is 35.5. The summed E-state index contributed by atoms with van der Waals surface area (Å²) < 4.78 is 2.27. The molecule has 0 unspecified atom stereocenters. The van der Waals surface area contributed by atoms with Gasteiger partial charge in [0, 0.05) is 37.9 Å². The molecule has 0 aliphatic rings. The molecule has 4 aromatic rings. The van der Waals surface area contributed by atoms with Gasteiger partial charge in [0.05, 0.1) is 18.4 Å². The highest BCUT2D eigenvalue weighted by Gasteiger charge is 2.12. The van der Waals surface area contributed by atoms with Gasteiger partial charge in [-0.15, -0.1) is 0 Å². The van der Waals surface area contributed by atoms with Crippen LogP contribution in [0.5, 0.6) is 0 Å². The number of fused-ring (bicyclic) bond motifs is 1. The van der Waals surface area contributed by atoms with Crippen molar-refractivity contribution in [3.63, 3.8) is 0 Å². The highest BCUT2D eigenvalue weighted by molar-refractivity contribution is 6.35. The summed E-state index contributed by atoms with van der Waals surface area (Å²) in [6.45, 7) is 4.70. The van der Waals surface area contributed by atoms with Gasteiger partial charge in [-0.25, -0.2) is 0 Å². The van der Waals surface area contributed by atoms with Crippen LogP contribution in [0.2, 0.25) is 10.0 Å². The van der Waals surface area contributed by atoms with Gasteiger partial charge in [0.2, 0.25) is 0 Å². The van der Waals surface area contributed by atoms with E-state index in [1.54, 1.807) is 0 Å². The van der Waals surface area contributed by atoms with Crippen molar-refractivity contribution in [1.29, 1.82) is 0 Å². The van der Waals surface area contributed by atoms with Gasteiger partial charge in [-0.2, -0.15) is 5.10 Å². The fourth-order valence-electron chi connectivity index (χ4n) is 3.63. The van der Waals surface area contributed by atoms with Crippen LogP contribution in [-0.4, -0.2) is 10.8 Å². The minimum absolute atomic E-state index is 0.469. The summed E-state index contributed by atoms with van der Waals surface area (Å²) in [7, 11) is 0. The summed E-state index contributed by atoms with van der Waals surface area (Å²) >= 11 is 12.4. The van der Waals surface area contributed by atoms with E-state index in [1.165, 1.54) is 16.5 Å². The van der Waals surface area contributed by atoms with Crippen LogP contribution in [0.4, 0.5) is 0 Å². The van der Waals surface area contributed by atoms with Crippen molar-refractivity contribution in [2.24, 2.45) is 5.10 Å². The summed E-state index contributed by atoms with van der Waals surface area (Å²) in [6, 6.07) is 22.5. The predicted octanol–water partition coefficient (Wildman–Crippen LogP) is 6.68. The van der Waals surface area contributed by atoms with Gasteiger partial charge < -0.3 is 9.99 Å². The fourth-order valence-corrected chi connectivity index (χ4v) is 4.16. The molecule has 0 saturated heterocycles. The minimum Gasteiger partial charge on any atom is -0.317 e. The molecule has 29 heavy (non-hydrogen) atoms. The van der Waals surface area contributed by atoms with Crippen molar-refractivity contribution in [2.45, 2.75) is 20.4 Å². The number of hydrogen-bond acceptors (Lipinski definition) is 2. The Morgan fingerprint density at radius 1 is 0.931 bits per heavy atom. The number of aromatic nitrogens is 1. The number of nitrogens with zero attached hydrogens (tertiary/aromatic N) is 2. The summed E-state index contributed by atoms with van der Waals surface area (Å²) in [5.41, 5.74) is 8.43. The monoisotopic (exact) mass is 421 g/mol. The largest absolute Gasteiger partial charge is 0.317 e. The van der Waals surface area contributed by atoms with E-state index < -0.39 is 0 Å². The molecule has 0 aliphatic heterocycles. The molecule has 146 valence electrons. The Hall–Kier alpha value is -2.75. The van der Waals surface area contributed by atoms with Crippen molar-refractivity contribution < 1.29 is 0 Å². The Bertz CT molecular complexity index is 1180. The van der Waals surface area contributed by atoms with E-state index in [1.807, 2.05) is 24.4 Å². The third kappa shape index (κ3) is 3.89. The first-order chi connectivity index (χ1) is 14.1. The van der Waals surface area contributed by atoms with E-state index in [-0.39, 0.29) is 0 Å². The van der Waals surface area contributed by atoms with Crippen molar-refractivity contribution in [3.05, 3.63) is 99.3 Å². The average molecular weight is 422 g/mol. The Morgan fingerprint density at radius 2 is 1.62 bits per heavy atom. The molecule has 0 saturated carbocycles. The van der Waals surface area contributed by atoms with E-state index in [0.29, 0.717) is 16.6 Å². The molecule has 1 N–H and O–H groups in total. The van der Waals surface area contributed by atoms with E-state index in [0.717, 1.165) is 22.5 Å². The maximum absolute atomic E-state index is 6.21. The fraction of sp³-hybridized carbons (Fsp3) is 0.125. The highest BCUT2D eigenvalue weighted by Crippen LogP contribution is 2.27. The Kier molecular flexibility index (Phi) is 5.61. The molecule has 0 fully saturated rings. The normalized spacial score (nSPS) is 11.4. The Balaban J connectivity index is 1.60. The first-order valence-corrected chi connectivity index (χ1v) is 10.2. The van der Waals surface area contributed by atoms with Gasteiger partial charge in [0.25, 0.3) is 0 Å². The number of hydrazone groups is 1. The van der Waals surface area contributed by atoms with Gasteiger partial charge in [-0.3, -0.25) is 0 Å². The molecule has 3 nitrogen and oxygen atoms in total. The van der Waals surface area contributed by atoms with Crippen LogP contribution < -0.4 is 5.43 Å². The van der Waals surface area contributed by atoms with Crippen molar-refractivity contribution in [1.82, 2.24) is 9.99 Å². The van der Waals surface area contributed by atoms with Gasteiger partial charge in [-0.05, 0) is 43.5 Å². The van der Waals surface area contributed by atoms with Crippen LogP contribution in [0.3, 0.4) is 0 Å². The first kappa shape index (κ1) is 19.6. The molecular weight excluding hydrogens is 401 g/mol. The van der Waals surface area contributed by atoms with Crippen molar-refractivity contribution >= 4 is 40.2 Å². The second-order valence-corrected chi connectivity index (χ2v) is 7.77. The molecule has 0 spiro atoms. The van der Waals surface area contributed by atoms with Crippen LogP contribution in [0.1, 0.15) is 22.5 Å². The van der Waals surface area contributed by atoms with Crippen LogP contribution in [0.15, 0.2) is 71.8 Å². The third-order valence-corrected chi connectivity index (χ3v) is 5.80. The summed E-state index contributed by atoms with van der Waals surface area (Å²) in [5.74, 6) is 0. The molecular formula is C24H21Cl2N3. The molecule has 0 atom stereocenters. The van der Waals surface area contributed by atoms with E-state index in [9.17, 15) is 0 Å². The van der Waals surface area contributed by atoms with E-state index in [2.05, 4.69) is 77.5 Å².